The van der Waals surface area contributed by atoms with Gasteiger partial charge in [-0.3, -0.25) is 9.59 Å². The average molecular weight is 389 g/mol. The van der Waals surface area contributed by atoms with Crippen molar-refractivity contribution in [1.82, 2.24) is 4.57 Å². The van der Waals surface area contributed by atoms with E-state index in [9.17, 15) is 14.9 Å². The third-order valence-corrected chi connectivity index (χ3v) is 4.52. The number of rotatable bonds is 6. The van der Waals surface area contributed by atoms with Gasteiger partial charge in [-0.2, -0.15) is 5.26 Å². The van der Waals surface area contributed by atoms with Crippen LogP contribution in [0.5, 0.6) is 5.75 Å². The molecule has 0 saturated carbocycles. The Bertz CT molecular complexity index is 1150. The Morgan fingerprint density at radius 3 is 2.69 bits per heavy atom. The highest BCUT2D eigenvalue weighted by molar-refractivity contribution is 6.12. The van der Waals surface area contributed by atoms with Crippen LogP contribution in [0.3, 0.4) is 0 Å². The lowest BCUT2D eigenvalue weighted by atomic mass is 10.1. The number of aromatic nitrogens is 1. The van der Waals surface area contributed by atoms with Gasteiger partial charge in [-0.05, 0) is 24.3 Å². The predicted octanol–water partition coefficient (Wildman–Crippen LogP) is 3.30. The van der Waals surface area contributed by atoms with Gasteiger partial charge in [-0.15, -0.1) is 0 Å². The SMILES string of the molecule is COc1cccc(N(C)C(=O)C(C#N)=Cc2cn(CC(=O)O)c3ccccc23)c1. The summed E-state index contributed by atoms with van der Waals surface area (Å²) < 4.78 is 6.76. The minimum absolute atomic E-state index is 0.0615. The first-order valence-electron chi connectivity index (χ1n) is 8.78. The first-order chi connectivity index (χ1) is 13.9. The quantitative estimate of drug-likeness (QED) is 0.515. The van der Waals surface area contributed by atoms with E-state index >= 15 is 0 Å². The zero-order chi connectivity index (χ0) is 21.0. The number of hydrogen-bond acceptors (Lipinski definition) is 4. The van der Waals surface area contributed by atoms with E-state index in [1.807, 2.05) is 18.2 Å². The Morgan fingerprint density at radius 2 is 2.00 bits per heavy atom. The molecule has 1 aromatic heterocycles. The summed E-state index contributed by atoms with van der Waals surface area (Å²) in [5.74, 6) is -0.854. The van der Waals surface area contributed by atoms with E-state index in [0.717, 1.165) is 5.39 Å². The van der Waals surface area contributed by atoms with Crippen molar-refractivity contribution in [2.24, 2.45) is 0 Å². The van der Waals surface area contributed by atoms with Gasteiger partial charge in [0.1, 0.15) is 23.9 Å². The van der Waals surface area contributed by atoms with Crippen LogP contribution in [-0.2, 0) is 16.1 Å². The number of para-hydroxylation sites is 1. The molecule has 0 aliphatic heterocycles. The third-order valence-electron chi connectivity index (χ3n) is 4.52. The molecule has 7 heteroatoms. The number of nitriles is 1. The molecule has 1 heterocycles. The molecule has 3 aromatic rings. The maximum atomic E-state index is 12.9. The number of amides is 1. The molecule has 0 aliphatic rings. The van der Waals surface area contributed by atoms with Crippen molar-refractivity contribution >= 4 is 34.5 Å². The number of anilines is 1. The van der Waals surface area contributed by atoms with Crippen LogP contribution in [0.1, 0.15) is 5.56 Å². The Kier molecular flexibility index (Phi) is 5.65. The molecule has 2 aromatic carbocycles. The number of carbonyl (C=O) groups is 2. The lowest BCUT2D eigenvalue weighted by Crippen LogP contribution is -2.27. The Hall–Kier alpha value is -4.05. The second-order valence-electron chi connectivity index (χ2n) is 6.36. The van der Waals surface area contributed by atoms with Crippen LogP contribution in [0.15, 0.2) is 60.3 Å². The van der Waals surface area contributed by atoms with Gasteiger partial charge in [0.2, 0.25) is 0 Å². The second kappa shape index (κ2) is 8.31. The summed E-state index contributed by atoms with van der Waals surface area (Å²) in [6.07, 6.45) is 3.12. The lowest BCUT2D eigenvalue weighted by molar-refractivity contribution is -0.137. The lowest BCUT2D eigenvalue weighted by Gasteiger charge is -2.17. The number of methoxy groups -OCH3 is 1. The molecule has 0 atom stereocenters. The van der Waals surface area contributed by atoms with Crippen LogP contribution in [0.2, 0.25) is 0 Å². The number of ether oxygens (including phenoxy) is 1. The minimum Gasteiger partial charge on any atom is -0.497 e. The molecule has 0 fully saturated rings. The maximum absolute atomic E-state index is 12.9. The van der Waals surface area contributed by atoms with Gasteiger partial charge < -0.3 is 19.3 Å². The maximum Gasteiger partial charge on any atom is 0.323 e. The van der Waals surface area contributed by atoms with Crippen molar-refractivity contribution in [3.05, 3.63) is 65.9 Å². The smallest absolute Gasteiger partial charge is 0.323 e. The molecular formula is C22H19N3O4. The van der Waals surface area contributed by atoms with Gasteiger partial charge >= 0.3 is 5.97 Å². The summed E-state index contributed by atoms with van der Waals surface area (Å²) in [6.45, 7) is -0.214. The molecule has 3 rings (SSSR count). The fourth-order valence-electron chi connectivity index (χ4n) is 3.08. The number of likely N-dealkylation sites (N-methyl/N-ethyl adjacent to an activating group) is 1. The number of carboxylic acid groups (broad SMARTS) is 1. The molecule has 0 radical (unpaired) electrons. The number of fused-ring (bicyclic) bond motifs is 1. The van der Waals surface area contributed by atoms with Gasteiger partial charge in [0.15, 0.2) is 0 Å². The van der Waals surface area contributed by atoms with Crippen molar-refractivity contribution in [1.29, 1.82) is 5.26 Å². The standard InChI is InChI=1S/C22H19N3O4/c1-24(17-6-5-7-18(11-17)29-2)22(28)15(12-23)10-16-13-25(14-21(26)27)20-9-4-3-8-19(16)20/h3-11,13H,14H2,1-2H3,(H,26,27). The molecular weight excluding hydrogens is 370 g/mol. The van der Waals surface area contributed by atoms with Gasteiger partial charge in [-0.1, -0.05) is 24.3 Å². The molecule has 0 bridgehead atoms. The molecule has 0 aliphatic carbocycles. The van der Waals surface area contributed by atoms with Crippen molar-refractivity contribution in [3.63, 3.8) is 0 Å². The van der Waals surface area contributed by atoms with Gasteiger partial charge in [0, 0.05) is 41.5 Å². The van der Waals surface area contributed by atoms with Gasteiger partial charge in [-0.25, -0.2) is 0 Å². The Labute approximate surface area is 167 Å². The molecule has 29 heavy (non-hydrogen) atoms. The van der Waals surface area contributed by atoms with E-state index < -0.39 is 11.9 Å². The zero-order valence-corrected chi connectivity index (χ0v) is 16.0. The summed E-state index contributed by atoms with van der Waals surface area (Å²) in [5, 5.41) is 19.5. The Morgan fingerprint density at radius 1 is 1.24 bits per heavy atom. The number of aliphatic carboxylic acids is 1. The van der Waals surface area contributed by atoms with Crippen LogP contribution >= 0.6 is 0 Å². The number of benzene rings is 2. The van der Waals surface area contributed by atoms with E-state index in [4.69, 9.17) is 9.84 Å². The molecule has 146 valence electrons. The molecule has 7 nitrogen and oxygen atoms in total. The first kappa shape index (κ1) is 19.7. The van der Waals surface area contributed by atoms with Crippen LogP contribution < -0.4 is 9.64 Å². The normalized spacial score (nSPS) is 11.1. The fourth-order valence-corrected chi connectivity index (χ4v) is 3.08. The summed E-state index contributed by atoms with van der Waals surface area (Å²) in [4.78, 5) is 25.4. The number of carboxylic acids is 1. The van der Waals surface area contributed by atoms with E-state index in [-0.39, 0.29) is 12.1 Å². The Balaban J connectivity index is 2.00. The van der Waals surface area contributed by atoms with E-state index in [1.165, 1.54) is 18.1 Å². The minimum atomic E-state index is -0.976. The highest BCUT2D eigenvalue weighted by atomic mass is 16.5. The zero-order valence-electron chi connectivity index (χ0n) is 16.0. The molecule has 0 saturated heterocycles. The van der Waals surface area contributed by atoms with Crippen molar-refractivity contribution in [3.8, 4) is 11.8 Å². The summed E-state index contributed by atoms with van der Waals surface area (Å²) >= 11 is 0. The van der Waals surface area contributed by atoms with Crippen LogP contribution in [-0.4, -0.2) is 35.7 Å². The van der Waals surface area contributed by atoms with E-state index in [0.29, 0.717) is 22.5 Å². The van der Waals surface area contributed by atoms with Gasteiger partial charge in [0.05, 0.1) is 7.11 Å². The predicted molar refractivity (Wildman–Crippen MR) is 110 cm³/mol. The highest BCUT2D eigenvalue weighted by Crippen LogP contribution is 2.25. The van der Waals surface area contributed by atoms with Crippen LogP contribution in [0, 0.1) is 11.3 Å². The summed E-state index contributed by atoms with van der Waals surface area (Å²) in [7, 11) is 3.12. The number of nitrogens with zero attached hydrogens (tertiary/aromatic N) is 3. The van der Waals surface area contributed by atoms with E-state index in [2.05, 4.69) is 0 Å². The third kappa shape index (κ3) is 4.12. The van der Waals surface area contributed by atoms with Crippen LogP contribution in [0.25, 0.3) is 17.0 Å². The summed E-state index contributed by atoms with van der Waals surface area (Å²) in [6, 6.07) is 16.2. The average Bonchev–Trinajstić information content (AvgIpc) is 3.07. The van der Waals surface area contributed by atoms with Crippen molar-refractivity contribution in [2.45, 2.75) is 6.54 Å². The largest absolute Gasteiger partial charge is 0.497 e. The fraction of sp³-hybridized carbons (Fsp3) is 0.136. The van der Waals surface area contributed by atoms with Crippen molar-refractivity contribution < 1.29 is 19.4 Å². The first-order valence-corrected chi connectivity index (χ1v) is 8.78. The molecule has 0 spiro atoms. The summed E-state index contributed by atoms with van der Waals surface area (Å²) in [5.41, 5.74) is 1.84. The van der Waals surface area contributed by atoms with Crippen molar-refractivity contribution in [2.75, 3.05) is 19.1 Å². The van der Waals surface area contributed by atoms with Gasteiger partial charge in [0.25, 0.3) is 5.91 Å². The monoisotopic (exact) mass is 389 g/mol. The molecule has 1 N–H and O–H groups in total. The second-order valence-corrected chi connectivity index (χ2v) is 6.36. The number of hydrogen-bond donors (Lipinski definition) is 1. The van der Waals surface area contributed by atoms with E-state index in [1.54, 1.807) is 54.2 Å². The highest BCUT2D eigenvalue weighted by Gasteiger charge is 2.18. The molecule has 0 unspecified atom stereocenters. The number of carbonyl (C=O) groups excluding carboxylic acids is 1. The van der Waals surface area contributed by atoms with Crippen LogP contribution in [0.4, 0.5) is 5.69 Å². The molecule has 1 amide bonds. The topological polar surface area (TPSA) is 95.6 Å².